The molecule has 0 radical (unpaired) electrons. The van der Waals surface area contributed by atoms with E-state index in [0.717, 1.165) is 0 Å². The predicted octanol–water partition coefficient (Wildman–Crippen LogP) is 0.427. The van der Waals surface area contributed by atoms with Gasteiger partial charge in [0, 0.05) is 12.8 Å². The van der Waals surface area contributed by atoms with E-state index < -0.39 is 35.1 Å². The molecule has 0 spiro atoms. The molecular formula is C13H13NO6. The van der Waals surface area contributed by atoms with Gasteiger partial charge in [0.15, 0.2) is 0 Å². The maximum absolute atomic E-state index is 12.2. The van der Waals surface area contributed by atoms with E-state index in [4.69, 9.17) is 9.94 Å². The summed E-state index contributed by atoms with van der Waals surface area (Å²) in [5.41, 5.74) is -1.47. The predicted molar refractivity (Wildman–Crippen MR) is 64.7 cm³/mol. The number of hydrogen-bond acceptors (Lipinski definition) is 5. The van der Waals surface area contributed by atoms with Crippen LogP contribution in [0.25, 0.3) is 0 Å². The standard InChI is InChI=1S/C13H13NO6/c1-13(7-3-2-4-8(13)11(17)18)12(19)20-14-9(15)5-6-10(14)16/h2-4,7-8H,5-6H2,1H3,(H,17,18). The van der Waals surface area contributed by atoms with Crippen LogP contribution in [0.4, 0.5) is 0 Å². The number of imide groups is 1. The molecule has 1 heterocycles. The van der Waals surface area contributed by atoms with Crippen LogP contribution in [-0.4, -0.2) is 33.9 Å². The van der Waals surface area contributed by atoms with Gasteiger partial charge in [-0.2, -0.15) is 0 Å². The Labute approximate surface area is 114 Å². The van der Waals surface area contributed by atoms with Gasteiger partial charge in [-0.3, -0.25) is 14.4 Å². The molecule has 106 valence electrons. The number of allylic oxidation sites excluding steroid dienone is 2. The van der Waals surface area contributed by atoms with Crippen molar-refractivity contribution in [1.82, 2.24) is 5.06 Å². The minimum Gasteiger partial charge on any atom is -0.481 e. The van der Waals surface area contributed by atoms with E-state index in [9.17, 15) is 19.2 Å². The molecule has 0 aromatic heterocycles. The first kappa shape index (κ1) is 14.0. The summed E-state index contributed by atoms with van der Waals surface area (Å²) >= 11 is 0. The summed E-state index contributed by atoms with van der Waals surface area (Å²) in [7, 11) is 0. The molecule has 1 N–H and O–H groups in total. The number of carboxylic acids is 1. The molecule has 2 atom stereocenters. The number of hydrogen-bond donors (Lipinski definition) is 1. The number of carboxylic acid groups (broad SMARTS) is 1. The van der Waals surface area contributed by atoms with Crippen molar-refractivity contribution in [3.63, 3.8) is 0 Å². The second-order valence-electron chi connectivity index (χ2n) is 4.80. The van der Waals surface area contributed by atoms with E-state index in [1.807, 2.05) is 0 Å². The molecule has 1 aliphatic carbocycles. The zero-order valence-corrected chi connectivity index (χ0v) is 10.7. The Bertz CT molecular complexity index is 533. The molecule has 7 heteroatoms. The molecule has 2 aliphatic rings. The summed E-state index contributed by atoms with van der Waals surface area (Å²) in [5, 5.41) is 9.56. The molecule has 7 nitrogen and oxygen atoms in total. The lowest BCUT2D eigenvalue weighted by Crippen LogP contribution is -2.44. The smallest absolute Gasteiger partial charge is 0.343 e. The number of carbonyl (C=O) groups excluding carboxylic acids is 3. The molecule has 0 bridgehead atoms. The third kappa shape index (κ3) is 2.22. The number of carbonyl (C=O) groups is 4. The molecular weight excluding hydrogens is 266 g/mol. The zero-order valence-electron chi connectivity index (χ0n) is 10.7. The van der Waals surface area contributed by atoms with Crippen LogP contribution in [0.5, 0.6) is 0 Å². The second-order valence-corrected chi connectivity index (χ2v) is 4.80. The van der Waals surface area contributed by atoms with Crippen molar-refractivity contribution >= 4 is 23.8 Å². The van der Waals surface area contributed by atoms with E-state index in [2.05, 4.69) is 0 Å². The quantitative estimate of drug-likeness (QED) is 0.752. The molecule has 0 aromatic rings. The van der Waals surface area contributed by atoms with Crippen LogP contribution in [0.2, 0.25) is 0 Å². The van der Waals surface area contributed by atoms with Crippen molar-refractivity contribution in [2.45, 2.75) is 19.8 Å². The fourth-order valence-corrected chi connectivity index (χ4v) is 2.11. The fraction of sp³-hybridized carbons (Fsp3) is 0.385. The van der Waals surface area contributed by atoms with Gasteiger partial charge in [0.05, 0.1) is 5.92 Å². The van der Waals surface area contributed by atoms with E-state index in [1.54, 1.807) is 0 Å². The van der Waals surface area contributed by atoms with Crippen molar-refractivity contribution in [2.75, 3.05) is 0 Å². The highest BCUT2D eigenvalue weighted by atomic mass is 16.7. The molecule has 2 unspecified atom stereocenters. The number of nitrogens with zero attached hydrogens (tertiary/aromatic N) is 1. The molecule has 0 saturated carbocycles. The summed E-state index contributed by atoms with van der Waals surface area (Å²) in [6.07, 6.45) is 5.76. The summed E-state index contributed by atoms with van der Waals surface area (Å²) in [5.74, 6) is -4.46. The topological polar surface area (TPSA) is 101 Å². The number of aliphatic carboxylic acids is 1. The van der Waals surface area contributed by atoms with Crippen molar-refractivity contribution in [3.8, 4) is 0 Å². The second kappa shape index (κ2) is 4.92. The molecule has 0 aromatic carbocycles. The van der Waals surface area contributed by atoms with Crippen LogP contribution in [0.1, 0.15) is 19.8 Å². The first-order valence-corrected chi connectivity index (χ1v) is 6.03. The Morgan fingerprint density at radius 2 is 1.90 bits per heavy atom. The van der Waals surface area contributed by atoms with Gasteiger partial charge in [-0.15, -0.1) is 5.06 Å². The average Bonchev–Trinajstić information content (AvgIpc) is 2.70. The maximum atomic E-state index is 12.2. The Kier molecular flexibility index (Phi) is 3.44. The van der Waals surface area contributed by atoms with Crippen LogP contribution in [-0.2, 0) is 24.0 Å². The minimum atomic E-state index is -1.47. The normalized spacial score (nSPS) is 28.9. The lowest BCUT2D eigenvalue weighted by molar-refractivity contribution is -0.204. The fourth-order valence-electron chi connectivity index (χ4n) is 2.11. The highest BCUT2D eigenvalue weighted by Crippen LogP contribution is 2.35. The molecule has 1 saturated heterocycles. The van der Waals surface area contributed by atoms with Crippen molar-refractivity contribution in [1.29, 1.82) is 0 Å². The number of hydroxylamine groups is 2. The zero-order chi connectivity index (χ0) is 14.9. The van der Waals surface area contributed by atoms with E-state index in [-0.39, 0.29) is 12.8 Å². The van der Waals surface area contributed by atoms with Gasteiger partial charge in [-0.05, 0) is 6.92 Å². The Morgan fingerprint density at radius 3 is 2.45 bits per heavy atom. The van der Waals surface area contributed by atoms with Gasteiger partial charge in [-0.25, -0.2) is 4.79 Å². The summed E-state index contributed by atoms with van der Waals surface area (Å²) in [6.45, 7) is 1.39. The summed E-state index contributed by atoms with van der Waals surface area (Å²) in [4.78, 5) is 51.0. The molecule has 20 heavy (non-hydrogen) atoms. The van der Waals surface area contributed by atoms with Crippen molar-refractivity contribution < 1.29 is 29.1 Å². The van der Waals surface area contributed by atoms with Crippen LogP contribution in [0, 0.1) is 11.3 Å². The van der Waals surface area contributed by atoms with Gasteiger partial charge in [0.1, 0.15) is 5.41 Å². The lowest BCUT2D eigenvalue weighted by Gasteiger charge is -2.30. The van der Waals surface area contributed by atoms with E-state index in [0.29, 0.717) is 5.06 Å². The number of rotatable bonds is 3. The molecule has 1 aliphatic heterocycles. The summed E-state index contributed by atoms with van der Waals surface area (Å²) in [6, 6.07) is 0. The Morgan fingerprint density at radius 1 is 1.30 bits per heavy atom. The third-order valence-electron chi connectivity index (χ3n) is 3.39. The first-order valence-electron chi connectivity index (χ1n) is 6.03. The van der Waals surface area contributed by atoms with Crippen molar-refractivity contribution in [3.05, 3.63) is 24.3 Å². The van der Waals surface area contributed by atoms with Gasteiger partial charge in [0.25, 0.3) is 11.8 Å². The van der Waals surface area contributed by atoms with Gasteiger partial charge >= 0.3 is 11.9 Å². The lowest BCUT2D eigenvalue weighted by atomic mass is 9.74. The summed E-state index contributed by atoms with van der Waals surface area (Å²) < 4.78 is 0. The van der Waals surface area contributed by atoms with E-state index in [1.165, 1.54) is 31.2 Å². The molecule has 2 amide bonds. The van der Waals surface area contributed by atoms with Gasteiger partial charge in [0.2, 0.25) is 0 Å². The van der Waals surface area contributed by atoms with Gasteiger partial charge in [-0.1, -0.05) is 24.3 Å². The Hall–Kier alpha value is -2.44. The SMILES string of the molecule is CC1(C(=O)ON2C(=O)CCC2=O)C=CC=CC1C(=O)O. The highest BCUT2D eigenvalue weighted by molar-refractivity contribution is 6.02. The third-order valence-corrected chi connectivity index (χ3v) is 3.39. The van der Waals surface area contributed by atoms with Crippen LogP contribution in [0.15, 0.2) is 24.3 Å². The van der Waals surface area contributed by atoms with Crippen LogP contribution < -0.4 is 0 Å². The largest absolute Gasteiger partial charge is 0.481 e. The monoisotopic (exact) mass is 279 g/mol. The van der Waals surface area contributed by atoms with Gasteiger partial charge < -0.3 is 9.94 Å². The van der Waals surface area contributed by atoms with Crippen LogP contribution >= 0.6 is 0 Å². The minimum absolute atomic E-state index is 0.0130. The maximum Gasteiger partial charge on any atom is 0.343 e. The van der Waals surface area contributed by atoms with E-state index >= 15 is 0 Å². The number of amides is 2. The molecule has 1 fully saturated rings. The Balaban J connectivity index is 2.21. The first-order chi connectivity index (χ1) is 9.36. The van der Waals surface area contributed by atoms with Crippen molar-refractivity contribution in [2.24, 2.45) is 11.3 Å². The average molecular weight is 279 g/mol. The molecule has 2 rings (SSSR count). The highest BCUT2D eigenvalue weighted by Gasteiger charge is 2.47. The van der Waals surface area contributed by atoms with Crippen LogP contribution in [0.3, 0.4) is 0 Å².